The summed E-state index contributed by atoms with van der Waals surface area (Å²) in [6, 6.07) is 5.82. The van der Waals surface area contributed by atoms with Crippen LogP contribution in [0.25, 0.3) is 0 Å². The average molecular weight is 276 g/mol. The van der Waals surface area contributed by atoms with Gasteiger partial charge in [-0.05, 0) is 57.2 Å². The molecule has 0 aromatic heterocycles. The fourth-order valence-electron chi connectivity index (χ4n) is 3.26. The van der Waals surface area contributed by atoms with Gasteiger partial charge < -0.3 is 10.8 Å². The number of nitrogens with zero attached hydrogens (tertiary/aromatic N) is 1. The maximum atomic E-state index is 10.1. The molecule has 1 aromatic carbocycles. The van der Waals surface area contributed by atoms with Crippen LogP contribution in [-0.2, 0) is 6.42 Å². The van der Waals surface area contributed by atoms with E-state index < -0.39 is 0 Å². The summed E-state index contributed by atoms with van der Waals surface area (Å²) in [5.41, 5.74) is 8.22. The monoisotopic (exact) mass is 276 g/mol. The Morgan fingerprint density at radius 3 is 2.85 bits per heavy atom. The van der Waals surface area contributed by atoms with Gasteiger partial charge in [-0.2, -0.15) is 0 Å². The molecule has 112 valence electrons. The van der Waals surface area contributed by atoms with Crippen LogP contribution in [0, 0.1) is 12.8 Å². The second kappa shape index (κ2) is 6.15. The van der Waals surface area contributed by atoms with Gasteiger partial charge in [0.25, 0.3) is 0 Å². The molecule has 0 saturated carbocycles. The standard InChI is InChI=1S/C17H28N2O/c1-13-6-7-16(20)15(9-13)10-17(3,12-18)19-8-4-5-14(2)11-19/h6-7,9,14,20H,4-5,8,10-12,18H2,1-3H3. The molecule has 2 rings (SSSR count). The fourth-order valence-corrected chi connectivity index (χ4v) is 3.26. The Bertz CT molecular complexity index is 460. The smallest absolute Gasteiger partial charge is 0.118 e. The minimum Gasteiger partial charge on any atom is -0.508 e. The highest BCUT2D eigenvalue weighted by Gasteiger charge is 2.33. The first kappa shape index (κ1) is 15.3. The summed E-state index contributed by atoms with van der Waals surface area (Å²) in [7, 11) is 0. The molecule has 0 aliphatic carbocycles. The van der Waals surface area contributed by atoms with Crippen LogP contribution < -0.4 is 5.73 Å². The van der Waals surface area contributed by atoms with Crippen LogP contribution in [0.4, 0.5) is 0 Å². The molecular formula is C17H28N2O. The van der Waals surface area contributed by atoms with E-state index in [1.807, 2.05) is 6.07 Å². The van der Waals surface area contributed by atoms with Crippen LogP contribution in [-0.4, -0.2) is 35.2 Å². The summed E-state index contributed by atoms with van der Waals surface area (Å²) in [5.74, 6) is 1.13. The maximum Gasteiger partial charge on any atom is 0.118 e. The molecular weight excluding hydrogens is 248 g/mol. The van der Waals surface area contributed by atoms with Crippen molar-refractivity contribution in [2.24, 2.45) is 11.7 Å². The molecule has 1 saturated heterocycles. The van der Waals surface area contributed by atoms with Crippen molar-refractivity contribution < 1.29 is 5.11 Å². The number of phenolic OH excluding ortho intramolecular Hbond substituents is 1. The predicted molar refractivity (Wildman–Crippen MR) is 84.0 cm³/mol. The molecule has 0 spiro atoms. The predicted octanol–water partition coefficient (Wildman–Crippen LogP) is 2.69. The average Bonchev–Trinajstić information content (AvgIpc) is 2.43. The largest absolute Gasteiger partial charge is 0.508 e. The Balaban J connectivity index is 2.20. The molecule has 2 atom stereocenters. The SMILES string of the molecule is Cc1ccc(O)c(CC(C)(CN)N2CCCC(C)C2)c1. The topological polar surface area (TPSA) is 49.5 Å². The van der Waals surface area contributed by atoms with Crippen molar-refractivity contribution in [3.05, 3.63) is 29.3 Å². The molecule has 1 aliphatic rings. The number of aromatic hydroxyl groups is 1. The first-order chi connectivity index (χ1) is 9.44. The molecule has 3 N–H and O–H groups in total. The van der Waals surface area contributed by atoms with E-state index in [1.54, 1.807) is 6.07 Å². The molecule has 2 unspecified atom stereocenters. The summed E-state index contributed by atoms with van der Waals surface area (Å²) in [5, 5.41) is 10.1. The third-order valence-electron chi connectivity index (χ3n) is 4.67. The minimum atomic E-state index is -0.0695. The van der Waals surface area contributed by atoms with Crippen LogP contribution in [0.2, 0.25) is 0 Å². The van der Waals surface area contributed by atoms with Gasteiger partial charge in [0.15, 0.2) is 0 Å². The lowest BCUT2D eigenvalue weighted by atomic mass is 9.86. The quantitative estimate of drug-likeness (QED) is 0.889. The number of piperidine rings is 1. The van der Waals surface area contributed by atoms with E-state index >= 15 is 0 Å². The molecule has 20 heavy (non-hydrogen) atoms. The van der Waals surface area contributed by atoms with Crippen LogP contribution in [0.15, 0.2) is 18.2 Å². The van der Waals surface area contributed by atoms with Gasteiger partial charge in [0, 0.05) is 18.6 Å². The van der Waals surface area contributed by atoms with Gasteiger partial charge in [-0.15, -0.1) is 0 Å². The minimum absolute atomic E-state index is 0.0695. The normalized spacial score (nSPS) is 23.5. The van der Waals surface area contributed by atoms with Crippen LogP contribution in [0.3, 0.4) is 0 Å². The summed E-state index contributed by atoms with van der Waals surface area (Å²) in [4.78, 5) is 2.52. The van der Waals surface area contributed by atoms with E-state index in [0.29, 0.717) is 12.3 Å². The number of phenols is 1. The molecule has 1 aromatic rings. The molecule has 0 bridgehead atoms. The zero-order valence-corrected chi connectivity index (χ0v) is 13.0. The first-order valence-corrected chi connectivity index (χ1v) is 7.68. The summed E-state index contributed by atoms with van der Waals surface area (Å²) in [6.07, 6.45) is 3.37. The fraction of sp³-hybridized carbons (Fsp3) is 0.647. The van der Waals surface area contributed by atoms with Crippen molar-refractivity contribution in [2.45, 2.75) is 45.6 Å². The number of benzene rings is 1. The van der Waals surface area contributed by atoms with Crippen molar-refractivity contribution in [1.29, 1.82) is 0 Å². The lowest BCUT2D eigenvalue weighted by molar-refractivity contribution is 0.0637. The van der Waals surface area contributed by atoms with E-state index in [1.165, 1.54) is 18.4 Å². The van der Waals surface area contributed by atoms with Crippen molar-refractivity contribution in [3.63, 3.8) is 0 Å². The molecule has 0 radical (unpaired) electrons. The Morgan fingerprint density at radius 1 is 1.45 bits per heavy atom. The highest BCUT2D eigenvalue weighted by Crippen LogP contribution is 2.29. The summed E-state index contributed by atoms with van der Waals surface area (Å²) < 4.78 is 0. The van der Waals surface area contributed by atoms with Crippen molar-refractivity contribution in [2.75, 3.05) is 19.6 Å². The molecule has 3 nitrogen and oxygen atoms in total. The second-order valence-corrected chi connectivity index (χ2v) is 6.70. The highest BCUT2D eigenvalue weighted by atomic mass is 16.3. The molecule has 0 amide bonds. The number of hydrogen-bond acceptors (Lipinski definition) is 3. The Labute approximate surface area is 122 Å². The van der Waals surface area contributed by atoms with E-state index in [4.69, 9.17) is 5.73 Å². The number of aryl methyl sites for hydroxylation is 1. The Morgan fingerprint density at radius 2 is 2.20 bits per heavy atom. The number of hydrogen-bond donors (Lipinski definition) is 2. The van der Waals surface area contributed by atoms with Gasteiger partial charge in [0.1, 0.15) is 5.75 Å². The van der Waals surface area contributed by atoms with E-state index in [-0.39, 0.29) is 5.54 Å². The third kappa shape index (κ3) is 3.33. The molecule has 1 fully saturated rings. The van der Waals surface area contributed by atoms with Gasteiger partial charge in [-0.25, -0.2) is 0 Å². The lowest BCUT2D eigenvalue weighted by Gasteiger charge is -2.45. The first-order valence-electron chi connectivity index (χ1n) is 7.68. The maximum absolute atomic E-state index is 10.1. The lowest BCUT2D eigenvalue weighted by Crippen LogP contribution is -2.56. The molecule has 1 aliphatic heterocycles. The molecule has 1 heterocycles. The second-order valence-electron chi connectivity index (χ2n) is 6.70. The number of likely N-dealkylation sites (tertiary alicyclic amines) is 1. The van der Waals surface area contributed by atoms with Gasteiger partial charge in [-0.3, -0.25) is 4.90 Å². The Hall–Kier alpha value is -1.06. The highest BCUT2D eigenvalue weighted by molar-refractivity contribution is 5.37. The van der Waals surface area contributed by atoms with Crippen LogP contribution in [0.1, 0.15) is 37.8 Å². The van der Waals surface area contributed by atoms with E-state index in [9.17, 15) is 5.11 Å². The van der Waals surface area contributed by atoms with Gasteiger partial charge >= 0.3 is 0 Å². The van der Waals surface area contributed by atoms with Crippen molar-refractivity contribution in [1.82, 2.24) is 4.90 Å². The van der Waals surface area contributed by atoms with Gasteiger partial charge in [0.2, 0.25) is 0 Å². The van der Waals surface area contributed by atoms with E-state index in [2.05, 4.69) is 31.7 Å². The Kier molecular flexibility index (Phi) is 4.71. The number of rotatable bonds is 4. The van der Waals surface area contributed by atoms with Crippen LogP contribution in [0.5, 0.6) is 5.75 Å². The summed E-state index contributed by atoms with van der Waals surface area (Å²) in [6.45, 7) is 9.45. The number of nitrogens with two attached hydrogens (primary N) is 1. The third-order valence-corrected chi connectivity index (χ3v) is 4.67. The van der Waals surface area contributed by atoms with Crippen molar-refractivity contribution >= 4 is 0 Å². The van der Waals surface area contributed by atoms with Gasteiger partial charge in [-0.1, -0.05) is 24.6 Å². The van der Waals surface area contributed by atoms with E-state index in [0.717, 1.165) is 31.0 Å². The van der Waals surface area contributed by atoms with Crippen LogP contribution >= 0.6 is 0 Å². The summed E-state index contributed by atoms with van der Waals surface area (Å²) >= 11 is 0. The van der Waals surface area contributed by atoms with Gasteiger partial charge in [0.05, 0.1) is 0 Å². The van der Waals surface area contributed by atoms with Crippen molar-refractivity contribution in [3.8, 4) is 5.75 Å². The zero-order valence-electron chi connectivity index (χ0n) is 13.0. The zero-order chi connectivity index (χ0) is 14.8. The molecule has 3 heteroatoms.